The van der Waals surface area contributed by atoms with Gasteiger partial charge in [-0.1, -0.05) is 30.3 Å². The van der Waals surface area contributed by atoms with Gasteiger partial charge in [0.05, 0.1) is 20.8 Å². The molecule has 0 N–H and O–H groups in total. The number of aldehydes is 1. The Kier molecular flexibility index (Phi) is 7.90. The average Bonchev–Trinajstić information content (AvgIpc) is 2.78. The van der Waals surface area contributed by atoms with E-state index in [1.54, 1.807) is 26.4 Å². The number of piperazine rings is 1. The van der Waals surface area contributed by atoms with Gasteiger partial charge < -0.3 is 19.1 Å². The predicted molar refractivity (Wildman–Crippen MR) is 113 cm³/mol. The average molecular weight is 399 g/mol. The van der Waals surface area contributed by atoms with E-state index in [-0.39, 0.29) is 0 Å². The second-order valence-electron chi connectivity index (χ2n) is 7.18. The van der Waals surface area contributed by atoms with E-state index in [9.17, 15) is 4.79 Å². The molecule has 0 saturated carbocycles. The number of benzene rings is 2. The van der Waals surface area contributed by atoms with E-state index < -0.39 is 0 Å². The monoisotopic (exact) mass is 398 g/mol. The molecule has 1 heterocycles. The first-order chi connectivity index (χ1) is 14.2. The fourth-order valence-corrected chi connectivity index (χ4v) is 3.59. The zero-order valence-electron chi connectivity index (χ0n) is 17.3. The number of rotatable bonds is 10. The number of carbonyl (C=O) groups excluding carboxylic acids is 1. The van der Waals surface area contributed by atoms with Crippen LogP contribution in [0.5, 0.6) is 17.2 Å². The summed E-state index contributed by atoms with van der Waals surface area (Å²) in [6, 6.07) is 14.0. The maximum absolute atomic E-state index is 11.1. The van der Waals surface area contributed by atoms with Crippen molar-refractivity contribution in [3.8, 4) is 17.2 Å². The minimum Gasteiger partial charge on any atom is -0.493 e. The van der Waals surface area contributed by atoms with Crippen molar-refractivity contribution in [1.82, 2.24) is 9.80 Å². The van der Waals surface area contributed by atoms with E-state index in [4.69, 9.17) is 14.2 Å². The quantitative estimate of drug-likeness (QED) is 0.453. The Morgan fingerprint density at radius 3 is 2.14 bits per heavy atom. The molecule has 156 valence electrons. The van der Waals surface area contributed by atoms with Crippen LogP contribution in [0.3, 0.4) is 0 Å². The van der Waals surface area contributed by atoms with Crippen molar-refractivity contribution in [1.29, 1.82) is 0 Å². The van der Waals surface area contributed by atoms with Gasteiger partial charge in [-0.2, -0.15) is 0 Å². The van der Waals surface area contributed by atoms with Crippen LogP contribution in [0.4, 0.5) is 0 Å². The Hall–Kier alpha value is -2.57. The SMILES string of the molecule is COc1cc(C=O)cc(OC)c1OCCCN1CCN(Cc2ccccc2)CC1. The molecule has 0 unspecified atom stereocenters. The van der Waals surface area contributed by atoms with Gasteiger partial charge in [0.25, 0.3) is 0 Å². The Labute approximate surface area is 173 Å². The zero-order valence-corrected chi connectivity index (χ0v) is 17.3. The highest BCUT2D eigenvalue weighted by atomic mass is 16.5. The van der Waals surface area contributed by atoms with E-state index >= 15 is 0 Å². The summed E-state index contributed by atoms with van der Waals surface area (Å²) in [6.07, 6.45) is 1.69. The molecule has 1 aliphatic heterocycles. The molecule has 0 spiro atoms. The molecule has 6 heteroatoms. The molecule has 1 aliphatic rings. The highest BCUT2D eigenvalue weighted by Gasteiger charge is 2.17. The molecule has 0 aromatic heterocycles. The lowest BCUT2D eigenvalue weighted by molar-refractivity contribution is 0.112. The Balaban J connectivity index is 1.42. The molecule has 0 atom stereocenters. The molecule has 6 nitrogen and oxygen atoms in total. The third-order valence-corrected chi connectivity index (χ3v) is 5.20. The molecule has 2 aromatic carbocycles. The lowest BCUT2D eigenvalue weighted by Gasteiger charge is -2.34. The first kappa shape index (κ1) is 21.1. The summed E-state index contributed by atoms with van der Waals surface area (Å²) >= 11 is 0. The van der Waals surface area contributed by atoms with Crippen LogP contribution in [0.1, 0.15) is 22.3 Å². The first-order valence-corrected chi connectivity index (χ1v) is 10.1. The summed E-state index contributed by atoms with van der Waals surface area (Å²) < 4.78 is 16.7. The van der Waals surface area contributed by atoms with Crippen LogP contribution in [0.25, 0.3) is 0 Å². The number of nitrogens with zero attached hydrogens (tertiary/aromatic N) is 2. The molecule has 0 amide bonds. The van der Waals surface area contributed by atoms with E-state index in [1.807, 2.05) is 0 Å². The predicted octanol–water partition coefficient (Wildman–Crippen LogP) is 3.10. The maximum atomic E-state index is 11.1. The smallest absolute Gasteiger partial charge is 0.203 e. The van der Waals surface area contributed by atoms with Crippen molar-refractivity contribution < 1.29 is 19.0 Å². The van der Waals surface area contributed by atoms with Crippen molar-refractivity contribution in [3.05, 3.63) is 53.6 Å². The number of hydrogen-bond acceptors (Lipinski definition) is 6. The number of hydrogen-bond donors (Lipinski definition) is 0. The van der Waals surface area contributed by atoms with Gasteiger partial charge in [-0.25, -0.2) is 0 Å². The molecular formula is C23H30N2O4. The van der Waals surface area contributed by atoms with Crippen LogP contribution in [0.2, 0.25) is 0 Å². The molecule has 0 aliphatic carbocycles. The van der Waals surface area contributed by atoms with Crippen LogP contribution in [0.15, 0.2) is 42.5 Å². The fraction of sp³-hybridized carbons (Fsp3) is 0.435. The fourth-order valence-electron chi connectivity index (χ4n) is 3.59. The maximum Gasteiger partial charge on any atom is 0.203 e. The van der Waals surface area contributed by atoms with Gasteiger partial charge in [-0.05, 0) is 24.1 Å². The molecule has 29 heavy (non-hydrogen) atoms. The summed E-state index contributed by atoms with van der Waals surface area (Å²) in [7, 11) is 3.12. The minimum atomic E-state index is 0.499. The molecular weight excluding hydrogens is 368 g/mol. The summed E-state index contributed by atoms with van der Waals surface area (Å²) in [4.78, 5) is 16.0. The lowest BCUT2D eigenvalue weighted by atomic mass is 10.2. The van der Waals surface area contributed by atoms with Crippen LogP contribution in [-0.4, -0.2) is 69.6 Å². The summed E-state index contributed by atoms with van der Waals surface area (Å²) in [5.41, 5.74) is 1.87. The molecule has 2 aromatic rings. The third kappa shape index (κ3) is 5.95. The molecule has 1 saturated heterocycles. The minimum absolute atomic E-state index is 0.499. The number of ether oxygens (including phenoxy) is 3. The van der Waals surface area contributed by atoms with Crippen molar-refractivity contribution in [2.45, 2.75) is 13.0 Å². The lowest BCUT2D eigenvalue weighted by Crippen LogP contribution is -2.46. The van der Waals surface area contributed by atoms with Gasteiger partial charge in [-0.3, -0.25) is 9.69 Å². The molecule has 1 fully saturated rings. The van der Waals surface area contributed by atoms with Gasteiger partial charge in [0, 0.05) is 44.8 Å². The zero-order chi connectivity index (χ0) is 20.5. The highest BCUT2D eigenvalue weighted by molar-refractivity contribution is 5.78. The van der Waals surface area contributed by atoms with Crippen molar-refractivity contribution in [2.75, 3.05) is 53.6 Å². The molecule has 3 rings (SSSR count). The van der Waals surface area contributed by atoms with E-state index in [2.05, 4.69) is 40.1 Å². The third-order valence-electron chi connectivity index (χ3n) is 5.20. The topological polar surface area (TPSA) is 51.2 Å². The normalized spacial score (nSPS) is 15.1. The van der Waals surface area contributed by atoms with E-state index in [0.29, 0.717) is 29.4 Å². The van der Waals surface area contributed by atoms with E-state index in [0.717, 1.165) is 52.0 Å². The van der Waals surface area contributed by atoms with Crippen LogP contribution in [-0.2, 0) is 6.54 Å². The van der Waals surface area contributed by atoms with Crippen molar-refractivity contribution in [2.24, 2.45) is 0 Å². The van der Waals surface area contributed by atoms with Crippen LogP contribution in [0, 0.1) is 0 Å². The summed E-state index contributed by atoms with van der Waals surface area (Å²) in [6.45, 7) is 6.91. The number of carbonyl (C=O) groups is 1. The van der Waals surface area contributed by atoms with Gasteiger partial charge in [0.15, 0.2) is 11.5 Å². The summed E-state index contributed by atoms with van der Waals surface area (Å²) in [5.74, 6) is 1.58. The highest BCUT2D eigenvalue weighted by Crippen LogP contribution is 2.38. The largest absolute Gasteiger partial charge is 0.493 e. The van der Waals surface area contributed by atoms with Crippen LogP contribution < -0.4 is 14.2 Å². The van der Waals surface area contributed by atoms with Gasteiger partial charge in [-0.15, -0.1) is 0 Å². The van der Waals surface area contributed by atoms with E-state index in [1.165, 1.54) is 5.56 Å². The Bertz CT molecular complexity index is 749. The van der Waals surface area contributed by atoms with Gasteiger partial charge in [0.1, 0.15) is 6.29 Å². The summed E-state index contributed by atoms with van der Waals surface area (Å²) in [5, 5.41) is 0. The van der Waals surface area contributed by atoms with Crippen molar-refractivity contribution >= 4 is 6.29 Å². The Morgan fingerprint density at radius 1 is 0.931 bits per heavy atom. The first-order valence-electron chi connectivity index (χ1n) is 10.1. The Morgan fingerprint density at radius 2 is 1.55 bits per heavy atom. The molecule has 0 bridgehead atoms. The standard InChI is InChI=1S/C23H30N2O4/c1-27-21-15-20(18-26)16-22(28-2)23(21)29-14-6-9-24-10-12-25(13-11-24)17-19-7-4-3-5-8-19/h3-5,7-8,15-16,18H,6,9-14,17H2,1-2H3. The van der Waals surface area contributed by atoms with Gasteiger partial charge in [0.2, 0.25) is 5.75 Å². The number of methoxy groups -OCH3 is 2. The second-order valence-corrected chi connectivity index (χ2v) is 7.18. The van der Waals surface area contributed by atoms with Gasteiger partial charge >= 0.3 is 0 Å². The second kappa shape index (κ2) is 10.8. The molecule has 0 radical (unpaired) electrons. The van der Waals surface area contributed by atoms with Crippen molar-refractivity contribution in [3.63, 3.8) is 0 Å². The van der Waals surface area contributed by atoms with Crippen LogP contribution >= 0.6 is 0 Å².